The Bertz CT molecular complexity index is 469. The Morgan fingerprint density at radius 2 is 2.22 bits per heavy atom. The van der Waals surface area contributed by atoms with Gasteiger partial charge in [-0.3, -0.25) is 4.79 Å². The topological polar surface area (TPSA) is 99.5 Å². The highest BCUT2D eigenvalue weighted by atomic mass is 35.5. The highest BCUT2D eigenvalue weighted by molar-refractivity contribution is 6.32. The van der Waals surface area contributed by atoms with E-state index in [1.54, 1.807) is 0 Å². The van der Waals surface area contributed by atoms with Crippen molar-refractivity contribution in [2.75, 3.05) is 6.61 Å². The minimum atomic E-state index is -1.31. The van der Waals surface area contributed by atoms with Gasteiger partial charge in [0.05, 0.1) is 11.8 Å². The van der Waals surface area contributed by atoms with Crippen molar-refractivity contribution in [1.82, 2.24) is 10.3 Å². The number of carbonyl (C=O) groups is 2. The van der Waals surface area contributed by atoms with Crippen molar-refractivity contribution >= 4 is 23.5 Å². The number of aliphatic hydroxyl groups excluding tert-OH is 1. The molecule has 0 bridgehead atoms. The van der Waals surface area contributed by atoms with E-state index in [0.717, 1.165) is 12.3 Å². The van der Waals surface area contributed by atoms with Crippen LogP contribution in [0.1, 0.15) is 16.8 Å². The highest BCUT2D eigenvalue weighted by Crippen LogP contribution is 2.13. The lowest BCUT2D eigenvalue weighted by atomic mass is 10.2. The van der Waals surface area contributed by atoms with Crippen LogP contribution in [0.5, 0.6) is 0 Å². The fraction of sp³-hybridized carbons (Fsp3) is 0.300. The summed E-state index contributed by atoms with van der Waals surface area (Å²) in [6.07, 6.45) is 0.670. The Morgan fingerprint density at radius 1 is 1.56 bits per heavy atom. The molecular weight excluding hydrogens is 267 g/mol. The van der Waals surface area contributed by atoms with Crippen LogP contribution in [0.15, 0.2) is 12.3 Å². The first-order valence-corrected chi connectivity index (χ1v) is 5.29. The molecule has 1 rings (SSSR count). The molecule has 0 fully saturated rings. The molecular formula is C10H10ClFN2O4. The zero-order chi connectivity index (χ0) is 13.7. The number of nitrogens with one attached hydrogen (secondary N) is 1. The van der Waals surface area contributed by atoms with E-state index >= 15 is 0 Å². The molecule has 98 valence electrons. The largest absolute Gasteiger partial charge is 0.480 e. The van der Waals surface area contributed by atoms with Crippen molar-refractivity contribution in [3.63, 3.8) is 0 Å². The van der Waals surface area contributed by atoms with E-state index < -0.39 is 30.3 Å². The monoisotopic (exact) mass is 276 g/mol. The van der Waals surface area contributed by atoms with Crippen LogP contribution in [0, 0.1) is 5.82 Å². The first kappa shape index (κ1) is 14.3. The first-order valence-electron chi connectivity index (χ1n) is 4.91. The highest BCUT2D eigenvalue weighted by Gasteiger charge is 2.22. The summed E-state index contributed by atoms with van der Waals surface area (Å²) in [5, 5.41) is 19.3. The molecule has 1 amide bonds. The number of hydrogen-bond acceptors (Lipinski definition) is 4. The van der Waals surface area contributed by atoms with Gasteiger partial charge in [-0.2, -0.15) is 0 Å². The number of nitrogens with zero attached hydrogens (tertiary/aromatic N) is 1. The third-order valence-electron chi connectivity index (χ3n) is 2.07. The molecule has 0 aromatic carbocycles. The molecule has 18 heavy (non-hydrogen) atoms. The number of aliphatic carboxylic acids is 1. The molecule has 1 atom stereocenters. The Morgan fingerprint density at radius 3 is 2.78 bits per heavy atom. The average molecular weight is 277 g/mol. The van der Waals surface area contributed by atoms with Crippen LogP contribution in [0.25, 0.3) is 0 Å². The lowest BCUT2D eigenvalue weighted by Gasteiger charge is -2.13. The van der Waals surface area contributed by atoms with E-state index in [2.05, 4.69) is 10.3 Å². The molecule has 0 aliphatic carbocycles. The van der Waals surface area contributed by atoms with Crippen molar-refractivity contribution < 1.29 is 24.2 Å². The molecule has 0 unspecified atom stereocenters. The van der Waals surface area contributed by atoms with E-state index in [4.69, 9.17) is 21.8 Å². The Labute approximate surface area is 106 Å². The quantitative estimate of drug-likeness (QED) is 0.678. The lowest BCUT2D eigenvalue weighted by molar-refractivity contribution is -0.139. The van der Waals surface area contributed by atoms with Gasteiger partial charge in [0.1, 0.15) is 17.0 Å². The third kappa shape index (κ3) is 3.64. The van der Waals surface area contributed by atoms with Crippen LogP contribution < -0.4 is 5.32 Å². The molecule has 6 nitrogen and oxygen atoms in total. The molecule has 1 heterocycles. The van der Waals surface area contributed by atoms with Gasteiger partial charge in [-0.25, -0.2) is 14.2 Å². The summed E-state index contributed by atoms with van der Waals surface area (Å²) >= 11 is 5.60. The SMILES string of the molecule is O=C(N[C@H](CCO)C(=O)O)c1cc(F)cnc1Cl. The van der Waals surface area contributed by atoms with Gasteiger partial charge in [0.25, 0.3) is 5.91 Å². The maximum Gasteiger partial charge on any atom is 0.326 e. The summed E-state index contributed by atoms with van der Waals surface area (Å²) in [6.45, 7) is -0.410. The predicted molar refractivity (Wildman–Crippen MR) is 59.8 cm³/mol. The van der Waals surface area contributed by atoms with Gasteiger partial charge in [0.2, 0.25) is 0 Å². The maximum absolute atomic E-state index is 12.9. The summed E-state index contributed by atoms with van der Waals surface area (Å²) < 4.78 is 12.9. The molecule has 1 aromatic heterocycles. The number of amides is 1. The molecule has 3 N–H and O–H groups in total. The fourth-order valence-corrected chi connectivity index (χ4v) is 1.39. The van der Waals surface area contributed by atoms with Crippen LogP contribution in [0.2, 0.25) is 5.15 Å². The van der Waals surface area contributed by atoms with E-state index in [1.807, 2.05) is 0 Å². The van der Waals surface area contributed by atoms with Crippen LogP contribution in [-0.4, -0.2) is 39.7 Å². The maximum atomic E-state index is 12.9. The molecule has 1 aromatic rings. The number of carboxylic acid groups (broad SMARTS) is 1. The number of hydrogen-bond donors (Lipinski definition) is 3. The summed E-state index contributed by atoms with van der Waals surface area (Å²) in [5.74, 6) is -2.94. The number of pyridine rings is 1. The Kier molecular flexibility index (Phi) is 4.99. The van der Waals surface area contributed by atoms with Crippen molar-refractivity contribution in [2.45, 2.75) is 12.5 Å². The number of aromatic nitrogens is 1. The van der Waals surface area contributed by atoms with Gasteiger partial charge in [-0.15, -0.1) is 0 Å². The molecule has 0 aliphatic heterocycles. The first-order chi connectivity index (χ1) is 8.45. The third-order valence-corrected chi connectivity index (χ3v) is 2.37. The molecule has 8 heteroatoms. The standard InChI is InChI=1S/C10H10ClFN2O4/c11-8-6(3-5(12)4-13-8)9(16)14-7(1-2-15)10(17)18/h3-4,7,15H,1-2H2,(H,14,16)(H,17,18)/t7-/m1/s1. The lowest BCUT2D eigenvalue weighted by Crippen LogP contribution is -2.41. The van der Waals surface area contributed by atoms with Crippen molar-refractivity contribution in [2.24, 2.45) is 0 Å². The van der Waals surface area contributed by atoms with E-state index in [-0.39, 0.29) is 17.1 Å². The zero-order valence-corrected chi connectivity index (χ0v) is 9.82. The zero-order valence-electron chi connectivity index (χ0n) is 9.06. The van der Waals surface area contributed by atoms with Gasteiger partial charge < -0.3 is 15.5 Å². The summed E-state index contributed by atoms with van der Waals surface area (Å²) in [6, 6.07) is -0.426. The van der Waals surface area contributed by atoms with Crippen molar-refractivity contribution in [3.05, 3.63) is 28.8 Å². The fourth-order valence-electron chi connectivity index (χ4n) is 1.20. The van der Waals surface area contributed by atoms with Crippen LogP contribution in [-0.2, 0) is 4.79 Å². The van der Waals surface area contributed by atoms with Gasteiger partial charge >= 0.3 is 5.97 Å². The number of carbonyl (C=O) groups excluding carboxylic acids is 1. The second-order valence-corrected chi connectivity index (χ2v) is 3.73. The van der Waals surface area contributed by atoms with Crippen LogP contribution in [0.3, 0.4) is 0 Å². The second-order valence-electron chi connectivity index (χ2n) is 3.37. The minimum absolute atomic E-state index is 0.165. The normalized spacial score (nSPS) is 11.9. The molecule has 0 aliphatic rings. The van der Waals surface area contributed by atoms with Crippen molar-refractivity contribution in [1.29, 1.82) is 0 Å². The molecule has 0 radical (unpaired) electrons. The number of halogens is 2. The van der Waals surface area contributed by atoms with E-state index in [9.17, 15) is 14.0 Å². The predicted octanol–water partition coefficient (Wildman–Crippen LogP) is 0.439. The van der Waals surface area contributed by atoms with Crippen LogP contribution in [0.4, 0.5) is 4.39 Å². The van der Waals surface area contributed by atoms with Gasteiger partial charge in [0, 0.05) is 13.0 Å². The van der Waals surface area contributed by atoms with E-state index in [1.165, 1.54) is 0 Å². The van der Waals surface area contributed by atoms with Gasteiger partial charge in [-0.05, 0) is 6.07 Å². The summed E-state index contributed by atoms with van der Waals surface area (Å²) in [7, 11) is 0. The molecule has 0 spiro atoms. The van der Waals surface area contributed by atoms with Crippen molar-refractivity contribution in [3.8, 4) is 0 Å². The number of rotatable bonds is 5. The second kappa shape index (κ2) is 6.27. The molecule has 0 saturated carbocycles. The number of carboxylic acids is 1. The minimum Gasteiger partial charge on any atom is -0.480 e. The van der Waals surface area contributed by atoms with E-state index in [0.29, 0.717) is 0 Å². The van der Waals surface area contributed by atoms with Gasteiger partial charge in [-0.1, -0.05) is 11.6 Å². The summed E-state index contributed by atoms with van der Waals surface area (Å²) in [5.41, 5.74) is -0.263. The number of aliphatic hydroxyl groups is 1. The van der Waals surface area contributed by atoms with Crippen LogP contribution >= 0.6 is 11.6 Å². The summed E-state index contributed by atoms with van der Waals surface area (Å²) in [4.78, 5) is 25.9. The molecule has 0 saturated heterocycles. The average Bonchev–Trinajstić information content (AvgIpc) is 2.31. The smallest absolute Gasteiger partial charge is 0.326 e. The van der Waals surface area contributed by atoms with Gasteiger partial charge in [0.15, 0.2) is 0 Å². The Hall–Kier alpha value is -1.73. The Balaban J connectivity index is 2.86.